The summed E-state index contributed by atoms with van der Waals surface area (Å²) in [5, 5.41) is 2.81. The first-order valence-electron chi connectivity index (χ1n) is 10.2. The lowest BCUT2D eigenvalue weighted by Crippen LogP contribution is -2.51. The van der Waals surface area contributed by atoms with Gasteiger partial charge in [-0.05, 0) is 87.3 Å². The van der Waals surface area contributed by atoms with E-state index in [1.54, 1.807) is 19.1 Å². The molecule has 1 N–H and O–H groups in total. The van der Waals surface area contributed by atoms with E-state index in [2.05, 4.69) is 5.32 Å². The van der Waals surface area contributed by atoms with E-state index >= 15 is 0 Å². The normalized spacial score (nSPS) is 32.1. The molecule has 0 heterocycles. The highest BCUT2D eigenvalue weighted by Gasteiger charge is 2.55. The van der Waals surface area contributed by atoms with Crippen LogP contribution in [0.25, 0.3) is 0 Å². The largest absolute Gasteiger partial charge is 0.452 e. The third-order valence-electron chi connectivity index (χ3n) is 6.75. The van der Waals surface area contributed by atoms with Gasteiger partial charge in [0, 0.05) is 6.54 Å². The van der Waals surface area contributed by atoms with E-state index in [0.717, 1.165) is 24.8 Å². The lowest BCUT2D eigenvalue weighted by molar-refractivity contribution is -0.178. The molecule has 0 aliphatic heterocycles. The molecule has 4 fully saturated rings. The van der Waals surface area contributed by atoms with Gasteiger partial charge in [-0.15, -0.1) is 0 Å². The van der Waals surface area contributed by atoms with Gasteiger partial charge in [-0.25, -0.2) is 4.39 Å². The van der Waals surface area contributed by atoms with Crippen molar-refractivity contribution in [1.82, 2.24) is 5.32 Å². The van der Waals surface area contributed by atoms with Crippen molar-refractivity contribution in [3.63, 3.8) is 0 Å². The molecule has 4 bridgehead atoms. The van der Waals surface area contributed by atoms with Crippen molar-refractivity contribution in [3.8, 4) is 0 Å². The topological polar surface area (TPSA) is 55.4 Å². The number of esters is 1. The second-order valence-electron chi connectivity index (χ2n) is 8.91. The Labute approximate surface area is 159 Å². The van der Waals surface area contributed by atoms with Gasteiger partial charge < -0.3 is 10.1 Å². The molecule has 1 aromatic carbocycles. The maximum absolute atomic E-state index is 12.9. The predicted molar refractivity (Wildman–Crippen MR) is 99.3 cm³/mol. The Morgan fingerprint density at radius 3 is 2.22 bits per heavy atom. The fraction of sp³-hybridized carbons (Fsp3) is 0.636. The van der Waals surface area contributed by atoms with Gasteiger partial charge in [0.2, 0.25) is 0 Å². The number of hydrogen-bond donors (Lipinski definition) is 1. The first kappa shape index (κ1) is 18.5. The Kier molecular flexibility index (Phi) is 4.95. The summed E-state index contributed by atoms with van der Waals surface area (Å²) in [7, 11) is 0. The molecule has 5 heteroatoms. The lowest BCUT2D eigenvalue weighted by atomic mass is 9.49. The number of carbonyl (C=O) groups is 2. The van der Waals surface area contributed by atoms with E-state index in [0.29, 0.717) is 30.7 Å². The van der Waals surface area contributed by atoms with Crippen LogP contribution in [0.15, 0.2) is 24.3 Å². The molecule has 4 aliphatic carbocycles. The maximum Gasteiger partial charge on any atom is 0.312 e. The molecular formula is C22H28FNO3. The van der Waals surface area contributed by atoms with Gasteiger partial charge in [-0.1, -0.05) is 12.1 Å². The number of hydrogen-bond acceptors (Lipinski definition) is 3. The Morgan fingerprint density at radius 2 is 1.67 bits per heavy atom. The third-order valence-corrected chi connectivity index (χ3v) is 6.75. The standard InChI is InChI=1S/C22H28FNO3/c1-14(20(25)24-7-6-15-2-4-19(23)5-3-15)27-21(26)22-11-16-8-17(12-22)10-18(9-16)13-22/h2-5,14,16-18H,6-13H2,1H3,(H,24,25)/t14-,16?,17?,18?,22?/m0/s1. The quantitative estimate of drug-likeness (QED) is 0.775. The minimum Gasteiger partial charge on any atom is -0.452 e. The summed E-state index contributed by atoms with van der Waals surface area (Å²) >= 11 is 0. The average molecular weight is 373 g/mol. The lowest BCUT2D eigenvalue weighted by Gasteiger charge is -2.55. The fourth-order valence-electron chi connectivity index (χ4n) is 5.82. The molecule has 5 rings (SSSR count). The third kappa shape index (κ3) is 3.87. The van der Waals surface area contributed by atoms with Crippen LogP contribution in [0.4, 0.5) is 4.39 Å². The molecule has 1 amide bonds. The molecule has 0 saturated heterocycles. The molecule has 27 heavy (non-hydrogen) atoms. The average Bonchev–Trinajstić information content (AvgIpc) is 2.62. The summed E-state index contributed by atoms with van der Waals surface area (Å²) in [6, 6.07) is 6.23. The second kappa shape index (κ2) is 7.25. The minimum absolute atomic E-state index is 0.164. The zero-order valence-corrected chi connectivity index (χ0v) is 15.9. The Balaban J connectivity index is 1.27. The number of rotatable bonds is 6. The monoisotopic (exact) mass is 373 g/mol. The highest BCUT2D eigenvalue weighted by molar-refractivity contribution is 5.85. The van der Waals surface area contributed by atoms with Crippen LogP contribution in [-0.2, 0) is 20.7 Å². The van der Waals surface area contributed by atoms with Gasteiger partial charge in [-0.3, -0.25) is 9.59 Å². The zero-order valence-electron chi connectivity index (χ0n) is 15.9. The maximum atomic E-state index is 12.9. The van der Waals surface area contributed by atoms with Crippen molar-refractivity contribution < 1.29 is 18.7 Å². The van der Waals surface area contributed by atoms with Crippen LogP contribution in [-0.4, -0.2) is 24.5 Å². The molecule has 146 valence electrons. The summed E-state index contributed by atoms with van der Waals surface area (Å²) < 4.78 is 18.5. The Hall–Kier alpha value is -1.91. The molecule has 1 aromatic rings. The van der Waals surface area contributed by atoms with E-state index in [1.165, 1.54) is 31.4 Å². The summed E-state index contributed by atoms with van der Waals surface area (Å²) in [4.78, 5) is 25.2. The van der Waals surface area contributed by atoms with Crippen LogP contribution in [0.2, 0.25) is 0 Å². The van der Waals surface area contributed by atoms with Crippen LogP contribution >= 0.6 is 0 Å². The van der Waals surface area contributed by atoms with Crippen LogP contribution < -0.4 is 5.32 Å². The fourth-order valence-corrected chi connectivity index (χ4v) is 5.82. The van der Waals surface area contributed by atoms with Crippen molar-refractivity contribution in [3.05, 3.63) is 35.6 Å². The van der Waals surface area contributed by atoms with Gasteiger partial charge in [0.1, 0.15) is 5.82 Å². The SMILES string of the molecule is C[C@H](OC(=O)C12CC3CC(CC(C3)C1)C2)C(=O)NCCc1ccc(F)cc1. The van der Waals surface area contributed by atoms with Crippen LogP contribution in [0.3, 0.4) is 0 Å². The van der Waals surface area contributed by atoms with Crippen molar-refractivity contribution in [2.75, 3.05) is 6.54 Å². The molecule has 0 spiro atoms. The number of carbonyl (C=O) groups excluding carboxylic acids is 2. The molecule has 4 aliphatic rings. The van der Waals surface area contributed by atoms with Crippen LogP contribution in [0.1, 0.15) is 51.0 Å². The van der Waals surface area contributed by atoms with Gasteiger partial charge in [0.15, 0.2) is 6.10 Å². The summed E-state index contributed by atoms with van der Waals surface area (Å²) in [6.07, 6.45) is 6.47. The predicted octanol–water partition coefficient (Wildman–Crippen LogP) is 3.63. The smallest absolute Gasteiger partial charge is 0.312 e. The zero-order chi connectivity index (χ0) is 19.0. The minimum atomic E-state index is -0.779. The summed E-state index contributed by atoms with van der Waals surface area (Å²) in [5.41, 5.74) is 0.618. The van der Waals surface area contributed by atoms with Gasteiger partial charge in [0.05, 0.1) is 5.41 Å². The van der Waals surface area contributed by atoms with E-state index in [1.807, 2.05) is 0 Å². The van der Waals surface area contributed by atoms with E-state index < -0.39 is 6.10 Å². The highest BCUT2D eigenvalue weighted by atomic mass is 19.1. The molecule has 0 unspecified atom stereocenters. The molecule has 0 aromatic heterocycles. The van der Waals surface area contributed by atoms with E-state index in [4.69, 9.17) is 4.74 Å². The Bertz CT molecular complexity index is 679. The van der Waals surface area contributed by atoms with Crippen molar-refractivity contribution in [2.45, 2.75) is 58.0 Å². The first-order valence-corrected chi connectivity index (χ1v) is 10.2. The first-order chi connectivity index (χ1) is 12.9. The molecule has 4 saturated carbocycles. The molecular weight excluding hydrogens is 345 g/mol. The summed E-state index contributed by atoms with van der Waals surface area (Å²) in [6.45, 7) is 2.08. The number of ether oxygens (including phenoxy) is 1. The number of nitrogens with one attached hydrogen (secondary N) is 1. The van der Waals surface area contributed by atoms with Gasteiger partial charge in [0.25, 0.3) is 5.91 Å². The molecule has 1 atom stereocenters. The highest BCUT2D eigenvalue weighted by Crippen LogP contribution is 2.60. The van der Waals surface area contributed by atoms with E-state index in [-0.39, 0.29) is 23.1 Å². The second-order valence-corrected chi connectivity index (χ2v) is 8.91. The molecule has 0 radical (unpaired) electrons. The van der Waals surface area contributed by atoms with Gasteiger partial charge >= 0.3 is 5.97 Å². The van der Waals surface area contributed by atoms with Crippen molar-refractivity contribution in [2.24, 2.45) is 23.2 Å². The van der Waals surface area contributed by atoms with Crippen molar-refractivity contribution in [1.29, 1.82) is 0 Å². The van der Waals surface area contributed by atoms with Crippen LogP contribution in [0.5, 0.6) is 0 Å². The Morgan fingerprint density at radius 1 is 1.11 bits per heavy atom. The molecule has 4 nitrogen and oxygen atoms in total. The number of amides is 1. The number of benzene rings is 1. The summed E-state index contributed by atoms with van der Waals surface area (Å²) in [5.74, 6) is 1.31. The number of halogens is 1. The van der Waals surface area contributed by atoms with Gasteiger partial charge in [-0.2, -0.15) is 0 Å². The van der Waals surface area contributed by atoms with Crippen molar-refractivity contribution >= 4 is 11.9 Å². The van der Waals surface area contributed by atoms with Crippen LogP contribution in [0, 0.1) is 29.0 Å². The van der Waals surface area contributed by atoms with E-state index in [9.17, 15) is 14.0 Å².